The van der Waals surface area contributed by atoms with Crippen LogP contribution in [0.5, 0.6) is 0 Å². The lowest BCUT2D eigenvalue weighted by Crippen LogP contribution is -2.43. The molecule has 0 unspecified atom stereocenters. The topological polar surface area (TPSA) is 62.3 Å². The maximum absolute atomic E-state index is 12.2. The van der Waals surface area contributed by atoms with Crippen LogP contribution >= 0.6 is 0 Å². The van der Waals surface area contributed by atoms with Gasteiger partial charge in [-0.25, -0.2) is 0 Å². The fourth-order valence-corrected chi connectivity index (χ4v) is 1.92. The molecule has 1 aromatic rings. The number of pyridine rings is 1. The van der Waals surface area contributed by atoms with Gasteiger partial charge in [0.25, 0.3) is 0 Å². The molecule has 5 heteroatoms. The van der Waals surface area contributed by atoms with E-state index in [1.807, 2.05) is 12.1 Å². The zero-order valence-electron chi connectivity index (χ0n) is 13.0. The van der Waals surface area contributed by atoms with Crippen LogP contribution in [0.1, 0.15) is 45.1 Å². The van der Waals surface area contributed by atoms with Crippen molar-refractivity contribution in [1.82, 2.24) is 15.2 Å². The molecule has 0 saturated heterocycles. The van der Waals surface area contributed by atoms with Gasteiger partial charge in [0.1, 0.15) is 0 Å². The van der Waals surface area contributed by atoms with E-state index in [9.17, 15) is 9.59 Å². The van der Waals surface area contributed by atoms with Crippen molar-refractivity contribution in [3.05, 3.63) is 30.1 Å². The highest BCUT2D eigenvalue weighted by atomic mass is 16.2. The maximum atomic E-state index is 12.2. The average molecular weight is 291 g/mol. The van der Waals surface area contributed by atoms with Gasteiger partial charge in [0.2, 0.25) is 0 Å². The van der Waals surface area contributed by atoms with Gasteiger partial charge >= 0.3 is 11.8 Å². The van der Waals surface area contributed by atoms with Crippen LogP contribution in [-0.4, -0.2) is 34.8 Å². The van der Waals surface area contributed by atoms with E-state index in [0.29, 0.717) is 19.6 Å². The minimum atomic E-state index is -0.529. The zero-order valence-corrected chi connectivity index (χ0v) is 13.0. The first-order valence-corrected chi connectivity index (χ1v) is 7.65. The number of unbranched alkanes of at least 4 members (excludes halogenated alkanes) is 2. The Morgan fingerprint density at radius 2 is 1.67 bits per heavy atom. The van der Waals surface area contributed by atoms with Crippen molar-refractivity contribution in [3.63, 3.8) is 0 Å². The number of rotatable bonds is 8. The maximum Gasteiger partial charge on any atom is 0.311 e. The highest BCUT2D eigenvalue weighted by molar-refractivity contribution is 6.34. The summed E-state index contributed by atoms with van der Waals surface area (Å²) in [5.74, 6) is -0.954. The van der Waals surface area contributed by atoms with Gasteiger partial charge in [0, 0.05) is 32.0 Å². The molecule has 0 fully saturated rings. The summed E-state index contributed by atoms with van der Waals surface area (Å²) < 4.78 is 0. The number of amides is 2. The molecule has 0 aliphatic carbocycles. The van der Waals surface area contributed by atoms with Gasteiger partial charge in [-0.2, -0.15) is 0 Å². The first-order chi connectivity index (χ1) is 10.2. The molecule has 0 radical (unpaired) electrons. The summed E-state index contributed by atoms with van der Waals surface area (Å²) in [4.78, 5) is 29.7. The lowest BCUT2D eigenvalue weighted by molar-refractivity contribution is -0.146. The van der Waals surface area contributed by atoms with Gasteiger partial charge in [-0.3, -0.25) is 14.6 Å². The summed E-state index contributed by atoms with van der Waals surface area (Å²) in [5, 5.41) is 2.67. The third-order valence-corrected chi connectivity index (χ3v) is 3.25. The molecule has 1 N–H and O–H groups in total. The van der Waals surface area contributed by atoms with Crippen molar-refractivity contribution in [1.29, 1.82) is 0 Å². The van der Waals surface area contributed by atoms with Crippen LogP contribution in [0.2, 0.25) is 0 Å². The van der Waals surface area contributed by atoms with Crippen molar-refractivity contribution < 1.29 is 9.59 Å². The van der Waals surface area contributed by atoms with Gasteiger partial charge in [0.05, 0.1) is 0 Å². The number of nitrogens with one attached hydrogen (secondary N) is 1. The first-order valence-electron chi connectivity index (χ1n) is 7.65. The fraction of sp³-hybridized carbons (Fsp3) is 0.562. The van der Waals surface area contributed by atoms with Crippen LogP contribution in [-0.2, 0) is 16.1 Å². The van der Waals surface area contributed by atoms with Crippen molar-refractivity contribution in [2.75, 3.05) is 13.1 Å². The highest BCUT2D eigenvalue weighted by Crippen LogP contribution is 2.01. The Morgan fingerprint density at radius 1 is 1.10 bits per heavy atom. The number of hydrogen-bond donors (Lipinski definition) is 1. The second-order valence-corrected chi connectivity index (χ2v) is 5.04. The molecule has 0 aliphatic rings. The van der Waals surface area contributed by atoms with Gasteiger partial charge in [-0.15, -0.1) is 0 Å². The Kier molecular flexibility index (Phi) is 8.09. The number of carbonyl (C=O) groups is 2. The second kappa shape index (κ2) is 9.91. The molecule has 0 spiro atoms. The fourth-order valence-electron chi connectivity index (χ4n) is 1.92. The third-order valence-electron chi connectivity index (χ3n) is 3.25. The van der Waals surface area contributed by atoms with Crippen molar-refractivity contribution in [2.45, 2.75) is 46.1 Å². The summed E-state index contributed by atoms with van der Waals surface area (Å²) in [7, 11) is 0. The van der Waals surface area contributed by atoms with Gasteiger partial charge in [-0.1, -0.05) is 26.7 Å². The van der Waals surface area contributed by atoms with E-state index in [2.05, 4.69) is 24.1 Å². The predicted molar refractivity (Wildman–Crippen MR) is 82.5 cm³/mol. The van der Waals surface area contributed by atoms with Gasteiger partial charge < -0.3 is 10.2 Å². The third kappa shape index (κ3) is 6.38. The van der Waals surface area contributed by atoms with Crippen molar-refractivity contribution in [2.24, 2.45) is 0 Å². The molecule has 2 amide bonds. The van der Waals surface area contributed by atoms with E-state index in [4.69, 9.17) is 0 Å². The summed E-state index contributed by atoms with van der Waals surface area (Å²) in [6.07, 6.45) is 7.19. The minimum absolute atomic E-state index is 0.350. The van der Waals surface area contributed by atoms with Crippen LogP contribution in [0.4, 0.5) is 0 Å². The number of aromatic nitrogens is 1. The molecule has 0 atom stereocenters. The SMILES string of the molecule is CCCCN(CCCC)C(=O)C(=O)NCc1ccncc1. The Bertz CT molecular complexity index is 426. The monoisotopic (exact) mass is 291 g/mol. The average Bonchev–Trinajstić information content (AvgIpc) is 2.53. The molecule has 116 valence electrons. The van der Waals surface area contributed by atoms with E-state index < -0.39 is 11.8 Å². The number of nitrogens with zero attached hydrogens (tertiary/aromatic N) is 2. The summed E-state index contributed by atoms with van der Waals surface area (Å²) in [5.41, 5.74) is 0.930. The Morgan fingerprint density at radius 3 is 2.19 bits per heavy atom. The van der Waals surface area contributed by atoms with Crippen LogP contribution in [0.15, 0.2) is 24.5 Å². The molecule has 1 aromatic heterocycles. The summed E-state index contributed by atoms with van der Waals surface area (Å²) >= 11 is 0. The first kappa shape index (κ1) is 17.1. The van der Waals surface area contributed by atoms with E-state index in [1.54, 1.807) is 17.3 Å². The molecule has 21 heavy (non-hydrogen) atoms. The number of carbonyl (C=O) groups excluding carboxylic acids is 2. The summed E-state index contributed by atoms with van der Waals surface area (Å²) in [6, 6.07) is 3.63. The quantitative estimate of drug-likeness (QED) is 0.746. The van der Waals surface area contributed by atoms with Crippen LogP contribution in [0.25, 0.3) is 0 Å². The van der Waals surface area contributed by atoms with Crippen LogP contribution < -0.4 is 5.32 Å². The highest BCUT2D eigenvalue weighted by Gasteiger charge is 2.20. The van der Waals surface area contributed by atoms with Gasteiger partial charge in [0.15, 0.2) is 0 Å². The minimum Gasteiger partial charge on any atom is -0.344 e. The van der Waals surface area contributed by atoms with E-state index >= 15 is 0 Å². The Hall–Kier alpha value is -1.91. The largest absolute Gasteiger partial charge is 0.344 e. The van der Waals surface area contributed by atoms with E-state index in [1.165, 1.54) is 0 Å². The molecule has 0 aromatic carbocycles. The molecule has 0 aliphatic heterocycles. The zero-order chi connectivity index (χ0) is 15.5. The predicted octanol–water partition coefficient (Wildman–Crippen LogP) is 2.13. The van der Waals surface area contributed by atoms with Crippen molar-refractivity contribution in [3.8, 4) is 0 Å². The molecule has 1 heterocycles. The van der Waals surface area contributed by atoms with Crippen molar-refractivity contribution >= 4 is 11.8 Å². The normalized spacial score (nSPS) is 10.2. The molecule has 1 rings (SSSR count). The molecule has 0 bridgehead atoms. The molecule has 5 nitrogen and oxygen atoms in total. The Labute approximate surface area is 126 Å². The molecular formula is C16H25N3O2. The van der Waals surface area contributed by atoms with E-state index in [0.717, 1.165) is 31.2 Å². The molecule has 0 saturated carbocycles. The van der Waals surface area contributed by atoms with Crippen LogP contribution in [0.3, 0.4) is 0 Å². The lowest BCUT2D eigenvalue weighted by atomic mass is 10.2. The van der Waals surface area contributed by atoms with E-state index in [-0.39, 0.29) is 0 Å². The second-order valence-electron chi connectivity index (χ2n) is 5.04. The smallest absolute Gasteiger partial charge is 0.311 e. The Balaban J connectivity index is 2.50. The lowest BCUT2D eigenvalue weighted by Gasteiger charge is -2.21. The van der Waals surface area contributed by atoms with Crippen LogP contribution in [0, 0.1) is 0 Å². The number of hydrogen-bond acceptors (Lipinski definition) is 3. The van der Waals surface area contributed by atoms with Gasteiger partial charge in [-0.05, 0) is 30.5 Å². The molecular weight excluding hydrogens is 266 g/mol. The standard InChI is InChI=1S/C16H25N3O2/c1-3-5-11-19(12-6-4-2)16(21)15(20)18-13-14-7-9-17-10-8-14/h7-10H,3-6,11-13H2,1-2H3,(H,18,20). The summed E-state index contributed by atoms with van der Waals surface area (Å²) in [6.45, 7) is 5.80.